The molecule has 2 aromatic rings. The Kier molecular flexibility index (Phi) is 8.77. The lowest BCUT2D eigenvalue weighted by molar-refractivity contribution is -0.136. The molecule has 0 saturated heterocycles. The van der Waals surface area contributed by atoms with Gasteiger partial charge in [-0.1, -0.05) is 0 Å². The number of rotatable bonds is 11. The highest BCUT2D eigenvalue weighted by molar-refractivity contribution is 6.12. The fourth-order valence-corrected chi connectivity index (χ4v) is 3.15. The second-order valence-electron chi connectivity index (χ2n) is 6.62. The Labute approximate surface area is 196 Å². The van der Waals surface area contributed by atoms with Crippen LogP contribution in [0.2, 0.25) is 0 Å². The van der Waals surface area contributed by atoms with Crippen LogP contribution in [0.4, 0.5) is 0 Å². The molecule has 0 spiro atoms. The zero-order chi connectivity index (χ0) is 25.4. The molecule has 0 aliphatic carbocycles. The van der Waals surface area contributed by atoms with Gasteiger partial charge in [0.1, 0.15) is 11.5 Å². The molecule has 0 saturated carbocycles. The molecule has 0 amide bonds. The molecule has 0 atom stereocenters. The Balaban J connectivity index is 2.80. The Morgan fingerprint density at radius 1 is 0.529 bits per heavy atom. The molecular formula is C24H26O10. The van der Waals surface area contributed by atoms with E-state index in [4.69, 9.17) is 28.4 Å². The number of benzene rings is 2. The first-order valence-corrected chi connectivity index (χ1v) is 9.74. The van der Waals surface area contributed by atoms with Gasteiger partial charge in [0.25, 0.3) is 0 Å². The van der Waals surface area contributed by atoms with Crippen LogP contribution in [0.5, 0.6) is 34.5 Å². The highest BCUT2D eigenvalue weighted by Gasteiger charge is 2.23. The van der Waals surface area contributed by atoms with E-state index in [1.807, 2.05) is 0 Å². The second-order valence-corrected chi connectivity index (χ2v) is 6.62. The third-order valence-corrected chi connectivity index (χ3v) is 4.82. The minimum Gasteiger partial charge on any atom is -0.496 e. The number of hydrogen-bond donors (Lipinski definition) is 2. The summed E-state index contributed by atoms with van der Waals surface area (Å²) in [6, 6.07) is 5.98. The van der Waals surface area contributed by atoms with Crippen LogP contribution in [-0.4, -0.2) is 64.8 Å². The molecule has 0 aromatic heterocycles. The van der Waals surface area contributed by atoms with Gasteiger partial charge in [0.05, 0.1) is 53.8 Å². The van der Waals surface area contributed by atoms with Gasteiger partial charge in [-0.05, 0) is 24.3 Å². The van der Waals surface area contributed by atoms with Gasteiger partial charge in [0.2, 0.25) is 0 Å². The summed E-state index contributed by atoms with van der Waals surface area (Å²) < 4.78 is 31.7. The predicted molar refractivity (Wildman–Crippen MR) is 123 cm³/mol. The minimum atomic E-state index is -1.47. The lowest BCUT2D eigenvalue weighted by atomic mass is 9.99. The van der Waals surface area contributed by atoms with Crippen molar-refractivity contribution in [2.24, 2.45) is 0 Å². The van der Waals surface area contributed by atoms with Gasteiger partial charge in [-0.25, -0.2) is 9.59 Å². The van der Waals surface area contributed by atoms with E-state index < -0.39 is 23.1 Å². The molecule has 0 aliphatic heterocycles. The fraction of sp³-hybridized carbons (Fsp3) is 0.250. The number of aliphatic carboxylic acids is 2. The lowest BCUT2D eigenvalue weighted by Crippen LogP contribution is -2.11. The van der Waals surface area contributed by atoms with Crippen LogP contribution in [0, 0.1) is 0 Å². The van der Waals surface area contributed by atoms with Crippen molar-refractivity contribution in [3.05, 3.63) is 46.5 Å². The normalized spacial score (nSPS) is 11.5. The summed E-state index contributed by atoms with van der Waals surface area (Å²) in [4.78, 5) is 24.3. The molecule has 182 valence electrons. The summed E-state index contributed by atoms with van der Waals surface area (Å²) >= 11 is 0. The van der Waals surface area contributed by atoms with Crippen LogP contribution in [-0.2, 0) is 9.59 Å². The van der Waals surface area contributed by atoms with Crippen molar-refractivity contribution in [1.82, 2.24) is 0 Å². The van der Waals surface area contributed by atoms with E-state index in [2.05, 4.69) is 0 Å². The van der Waals surface area contributed by atoms with Gasteiger partial charge in [-0.3, -0.25) is 0 Å². The van der Waals surface area contributed by atoms with Crippen LogP contribution in [0.1, 0.15) is 11.1 Å². The largest absolute Gasteiger partial charge is 0.496 e. The van der Waals surface area contributed by atoms with E-state index in [1.54, 1.807) is 0 Å². The fourth-order valence-electron chi connectivity index (χ4n) is 3.15. The summed E-state index contributed by atoms with van der Waals surface area (Å²) in [7, 11) is 8.50. The summed E-state index contributed by atoms with van der Waals surface area (Å²) in [5, 5.41) is 19.8. The van der Waals surface area contributed by atoms with E-state index in [1.165, 1.54) is 79.1 Å². The van der Waals surface area contributed by atoms with E-state index in [0.717, 1.165) is 0 Å². The van der Waals surface area contributed by atoms with E-state index in [9.17, 15) is 19.8 Å². The Morgan fingerprint density at radius 3 is 1.03 bits per heavy atom. The van der Waals surface area contributed by atoms with Crippen molar-refractivity contribution in [3.63, 3.8) is 0 Å². The van der Waals surface area contributed by atoms with Crippen LogP contribution in [0.3, 0.4) is 0 Å². The average Bonchev–Trinajstić information content (AvgIpc) is 2.84. The van der Waals surface area contributed by atoms with E-state index >= 15 is 0 Å². The molecule has 0 radical (unpaired) electrons. The molecule has 34 heavy (non-hydrogen) atoms. The molecule has 2 aromatic carbocycles. The molecule has 0 heterocycles. The van der Waals surface area contributed by atoms with E-state index in [-0.39, 0.29) is 22.6 Å². The van der Waals surface area contributed by atoms with Crippen molar-refractivity contribution >= 4 is 24.1 Å². The van der Waals surface area contributed by atoms with Crippen molar-refractivity contribution in [1.29, 1.82) is 0 Å². The zero-order valence-electron chi connectivity index (χ0n) is 19.6. The summed E-state index contributed by atoms with van der Waals surface area (Å²) in [5.41, 5.74) is -0.474. The smallest absolute Gasteiger partial charge is 0.336 e. The van der Waals surface area contributed by atoms with Gasteiger partial charge >= 0.3 is 11.9 Å². The van der Waals surface area contributed by atoms with Crippen LogP contribution < -0.4 is 28.4 Å². The molecule has 0 unspecified atom stereocenters. The quantitative estimate of drug-likeness (QED) is 0.369. The maximum atomic E-state index is 12.2. The Hall–Kier alpha value is -4.34. The molecule has 10 heteroatoms. The Bertz CT molecular complexity index is 1040. The Morgan fingerprint density at radius 2 is 0.794 bits per heavy atom. The number of methoxy groups -OCH3 is 6. The molecule has 10 nitrogen and oxygen atoms in total. The first-order chi connectivity index (χ1) is 16.2. The van der Waals surface area contributed by atoms with Crippen molar-refractivity contribution < 1.29 is 48.2 Å². The lowest BCUT2D eigenvalue weighted by Gasteiger charge is -2.14. The van der Waals surface area contributed by atoms with Crippen LogP contribution >= 0.6 is 0 Å². The molecular weight excluding hydrogens is 448 g/mol. The van der Waals surface area contributed by atoms with Crippen molar-refractivity contribution in [3.8, 4) is 34.5 Å². The molecule has 0 fully saturated rings. The average molecular weight is 474 g/mol. The number of ether oxygens (including phenoxy) is 6. The molecule has 0 aliphatic rings. The second kappa shape index (κ2) is 11.5. The van der Waals surface area contributed by atoms with Gasteiger partial charge in [-0.15, -0.1) is 0 Å². The molecule has 2 N–H and O–H groups in total. The number of carboxylic acid groups (broad SMARTS) is 2. The van der Waals surface area contributed by atoms with Gasteiger partial charge < -0.3 is 38.6 Å². The zero-order valence-corrected chi connectivity index (χ0v) is 19.6. The van der Waals surface area contributed by atoms with Crippen molar-refractivity contribution in [2.75, 3.05) is 42.7 Å². The van der Waals surface area contributed by atoms with Gasteiger partial charge in [-0.2, -0.15) is 0 Å². The molecule has 2 rings (SSSR count). The highest BCUT2D eigenvalue weighted by Crippen LogP contribution is 2.38. The number of carboxylic acids is 2. The van der Waals surface area contributed by atoms with Gasteiger partial charge in [0, 0.05) is 23.3 Å². The minimum absolute atomic E-state index is 0.254. The number of carbonyl (C=O) groups is 2. The summed E-state index contributed by atoms with van der Waals surface area (Å²) in [6.45, 7) is 0. The first kappa shape index (κ1) is 25.9. The highest BCUT2D eigenvalue weighted by atomic mass is 16.5. The molecule has 0 bridgehead atoms. The predicted octanol–water partition coefficient (Wildman–Crippen LogP) is 3.37. The van der Waals surface area contributed by atoms with Crippen LogP contribution in [0.25, 0.3) is 12.2 Å². The summed E-state index contributed by atoms with van der Waals surface area (Å²) in [6.07, 6.45) is 2.35. The van der Waals surface area contributed by atoms with Crippen molar-refractivity contribution in [2.45, 2.75) is 0 Å². The standard InChI is InChI=1S/C24H26O10/c1-29-17-11-21(33-5)19(31-3)9-13(17)7-15(23(25)26)16(24(27)28)8-14-10-20(32-4)22(34-6)12-18(14)30-2/h7-12H,1-6H3,(H,25,26)(H,27,28)/b15-7+,16-8+. The van der Waals surface area contributed by atoms with Crippen LogP contribution in [0.15, 0.2) is 35.4 Å². The third-order valence-electron chi connectivity index (χ3n) is 4.82. The number of hydrogen-bond acceptors (Lipinski definition) is 8. The third kappa shape index (κ3) is 5.52. The topological polar surface area (TPSA) is 130 Å². The summed E-state index contributed by atoms with van der Waals surface area (Å²) in [5.74, 6) is -1.09. The van der Waals surface area contributed by atoms with Gasteiger partial charge in [0.15, 0.2) is 23.0 Å². The maximum absolute atomic E-state index is 12.2. The maximum Gasteiger partial charge on any atom is 0.336 e. The first-order valence-electron chi connectivity index (χ1n) is 9.74. The monoisotopic (exact) mass is 474 g/mol. The van der Waals surface area contributed by atoms with E-state index in [0.29, 0.717) is 23.0 Å². The SMILES string of the molecule is COc1cc(OC)c(OC)cc1/C=C(C(=O)O)\C(=C/c1cc(OC)c(OC)cc1OC)C(=O)O.